The van der Waals surface area contributed by atoms with Crippen molar-refractivity contribution < 1.29 is 9.59 Å². The molecule has 0 saturated carbocycles. The lowest BCUT2D eigenvalue weighted by Crippen LogP contribution is -2.52. The van der Waals surface area contributed by atoms with Crippen LogP contribution in [0, 0.1) is 0 Å². The summed E-state index contributed by atoms with van der Waals surface area (Å²) in [6.07, 6.45) is 0. The zero-order valence-electron chi connectivity index (χ0n) is 17.3. The van der Waals surface area contributed by atoms with Crippen LogP contribution in [0.2, 0.25) is 0 Å². The van der Waals surface area contributed by atoms with Gasteiger partial charge < -0.3 is 15.1 Å². The average Bonchev–Trinajstić information content (AvgIpc) is 2.76. The normalized spacial score (nSPS) is 14.5. The van der Waals surface area contributed by atoms with Crippen molar-refractivity contribution in [3.63, 3.8) is 0 Å². The molecule has 1 N–H and O–H groups in total. The Hall–Kier alpha value is -2.86. The molecular formula is C23H30N4O2. The Kier molecular flexibility index (Phi) is 7.25. The maximum absolute atomic E-state index is 12.5. The fourth-order valence-electron chi connectivity index (χ4n) is 3.54. The molecule has 1 aliphatic rings. The number of urea groups is 1. The third-order valence-electron chi connectivity index (χ3n) is 5.33. The van der Waals surface area contributed by atoms with Crippen LogP contribution in [0.25, 0.3) is 0 Å². The van der Waals surface area contributed by atoms with Crippen molar-refractivity contribution in [2.24, 2.45) is 0 Å². The second kappa shape index (κ2) is 10.1. The Bertz CT molecular complexity index is 795. The molecule has 0 atom stereocenters. The first-order valence-electron chi connectivity index (χ1n) is 10.3. The Balaban J connectivity index is 1.49. The van der Waals surface area contributed by atoms with E-state index in [0.29, 0.717) is 5.56 Å². The maximum atomic E-state index is 12.5. The first-order valence-corrected chi connectivity index (χ1v) is 10.3. The summed E-state index contributed by atoms with van der Waals surface area (Å²) in [5.74, 6) is -0.105. The van der Waals surface area contributed by atoms with Crippen LogP contribution in [0.3, 0.4) is 0 Å². The molecule has 3 amide bonds. The summed E-state index contributed by atoms with van der Waals surface area (Å²) in [4.78, 5) is 31.0. The number of hydrogen-bond acceptors (Lipinski definition) is 3. The maximum Gasteiger partial charge on any atom is 0.320 e. The molecule has 29 heavy (non-hydrogen) atoms. The monoisotopic (exact) mass is 394 g/mol. The van der Waals surface area contributed by atoms with Crippen LogP contribution < -0.4 is 5.32 Å². The van der Waals surface area contributed by atoms with Gasteiger partial charge in [0.05, 0.1) is 0 Å². The van der Waals surface area contributed by atoms with E-state index in [4.69, 9.17) is 0 Å². The van der Waals surface area contributed by atoms with E-state index in [0.717, 1.165) is 51.5 Å². The largest absolute Gasteiger partial charge is 0.325 e. The van der Waals surface area contributed by atoms with E-state index < -0.39 is 0 Å². The lowest BCUT2D eigenvalue weighted by Gasteiger charge is -2.37. The third-order valence-corrected chi connectivity index (χ3v) is 5.33. The van der Waals surface area contributed by atoms with Gasteiger partial charge >= 0.3 is 6.03 Å². The highest BCUT2D eigenvalue weighted by molar-refractivity contribution is 6.04. The van der Waals surface area contributed by atoms with E-state index in [2.05, 4.69) is 10.2 Å². The van der Waals surface area contributed by atoms with E-state index in [-0.39, 0.29) is 11.9 Å². The number of nitrogens with zero attached hydrogens (tertiary/aromatic N) is 3. The zero-order chi connectivity index (χ0) is 20.6. The van der Waals surface area contributed by atoms with E-state index in [1.54, 1.807) is 0 Å². The topological polar surface area (TPSA) is 55.9 Å². The van der Waals surface area contributed by atoms with Crippen LogP contribution in [0.4, 0.5) is 10.5 Å². The SMILES string of the molecule is CCN(CC)C(=O)N1CCN(Cc2ccc(C(=O)Nc3ccccc3)cc2)CC1. The second-order valence-electron chi connectivity index (χ2n) is 7.24. The molecule has 154 valence electrons. The number of anilines is 1. The summed E-state index contributed by atoms with van der Waals surface area (Å²) in [5.41, 5.74) is 2.61. The van der Waals surface area contributed by atoms with Crippen LogP contribution in [0.15, 0.2) is 54.6 Å². The number of carbonyl (C=O) groups is 2. The molecule has 0 spiro atoms. The van der Waals surface area contributed by atoms with Crippen LogP contribution in [0.5, 0.6) is 0 Å². The molecule has 6 nitrogen and oxygen atoms in total. The van der Waals surface area contributed by atoms with Gasteiger partial charge in [-0.15, -0.1) is 0 Å². The van der Waals surface area contributed by atoms with E-state index in [9.17, 15) is 9.59 Å². The quantitative estimate of drug-likeness (QED) is 0.816. The van der Waals surface area contributed by atoms with E-state index in [1.807, 2.05) is 78.2 Å². The van der Waals surface area contributed by atoms with E-state index in [1.165, 1.54) is 5.56 Å². The zero-order valence-corrected chi connectivity index (χ0v) is 17.3. The third kappa shape index (κ3) is 5.57. The molecule has 6 heteroatoms. The molecule has 1 fully saturated rings. The van der Waals surface area contributed by atoms with E-state index >= 15 is 0 Å². The number of para-hydroxylation sites is 1. The minimum absolute atomic E-state index is 0.105. The van der Waals surface area contributed by atoms with Crippen molar-refractivity contribution in [1.82, 2.24) is 14.7 Å². The van der Waals surface area contributed by atoms with Gasteiger partial charge in [-0.3, -0.25) is 9.69 Å². The van der Waals surface area contributed by atoms with Gasteiger partial charge in [0.2, 0.25) is 0 Å². The minimum Gasteiger partial charge on any atom is -0.325 e. The first kappa shape index (κ1) is 20.9. The Morgan fingerprint density at radius 1 is 0.897 bits per heavy atom. The Morgan fingerprint density at radius 3 is 2.10 bits per heavy atom. The number of benzene rings is 2. The summed E-state index contributed by atoms with van der Waals surface area (Å²) in [7, 11) is 0. The molecule has 0 unspecified atom stereocenters. The highest BCUT2D eigenvalue weighted by atomic mass is 16.2. The predicted octanol–water partition coefficient (Wildman–Crippen LogP) is 3.52. The highest BCUT2D eigenvalue weighted by Crippen LogP contribution is 2.13. The van der Waals surface area contributed by atoms with Crippen LogP contribution in [-0.4, -0.2) is 65.9 Å². The summed E-state index contributed by atoms with van der Waals surface area (Å²) in [5, 5.41) is 2.90. The molecular weight excluding hydrogens is 364 g/mol. The summed E-state index contributed by atoms with van der Waals surface area (Å²) in [6.45, 7) is 9.60. The van der Waals surface area contributed by atoms with Gasteiger partial charge in [-0.05, 0) is 43.7 Å². The van der Waals surface area contributed by atoms with Gasteiger partial charge in [-0.1, -0.05) is 30.3 Å². The Morgan fingerprint density at radius 2 is 1.52 bits per heavy atom. The van der Waals surface area contributed by atoms with Gasteiger partial charge in [-0.25, -0.2) is 4.79 Å². The van der Waals surface area contributed by atoms with Crippen molar-refractivity contribution in [3.8, 4) is 0 Å². The molecule has 3 rings (SSSR count). The second-order valence-corrected chi connectivity index (χ2v) is 7.24. The van der Waals surface area contributed by atoms with Crippen molar-refractivity contribution in [1.29, 1.82) is 0 Å². The summed E-state index contributed by atoms with van der Waals surface area (Å²) >= 11 is 0. The molecule has 0 aliphatic carbocycles. The lowest BCUT2D eigenvalue weighted by molar-refractivity contribution is 0.102. The molecule has 2 aromatic carbocycles. The number of amides is 3. The van der Waals surface area contributed by atoms with Gasteiger partial charge in [0.1, 0.15) is 0 Å². The van der Waals surface area contributed by atoms with Gasteiger partial charge in [0.15, 0.2) is 0 Å². The number of rotatable bonds is 6. The van der Waals surface area contributed by atoms with Gasteiger partial charge in [0, 0.05) is 57.1 Å². The van der Waals surface area contributed by atoms with Crippen molar-refractivity contribution in [2.45, 2.75) is 20.4 Å². The number of hydrogen-bond donors (Lipinski definition) is 1. The van der Waals surface area contributed by atoms with Crippen molar-refractivity contribution in [3.05, 3.63) is 65.7 Å². The average molecular weight is 395 g/mol. The molecule has 0 bridgehead atoms. The smallest absolute Gasteiger partial charge is 0.320 e. The molecule has 1 saturated heterocycles. The Labute approximate surface area is 173 Å². The standard InChI is InChI=1S/C23H30N4O2/c1-3-26(4-2)23(29)27-16-14-25(15-17-27)18-19-10-12-20(13-11-19)22(28)24-21-8-6-5-7-9-21/h5-13H,3-4,14-18H2,1-2H3,(H,24,28). The highest BCUT2D eigenvalue weighted by Gasteiger charge is 2.23. The van der Waals surface area contributed by atoms with Crippen LogP contribution in [-0.2, 0) is 6.54 Å². The summed E-state index contributed by atoms with van der Waals surface area (Å²) < 4.78 is 0. The summed E-state index contributed by atoms with van der Waals surface area (Å²) in [6, 6.07) is 17.4. The number of carbonyl (C=O) groups excluding carboxylic acids is 2. The first-order chi connectivity index (χ1) is 14.1. The fraction of sp³-hybridized carbons (Fsp3) is 0.391. The minimum atomic E-state index is -0.105. The van der Waals surface area contributed by atoms with Gasteiger partial charge in [0.25, 0.3) is 5.91 Å². The number of nitrogens with one attached hydrogen (secondary N) is 1. The molecule has 1 aliphatic heterocycles. The molecule has 2 aromatic rings. The molecule has 0 radical (unpaired) electrons. The fourth-order valence-corrected chi connectivity index (χ4v) is 3.54. The predicted molar refractivity (Wildman–Crippen MR) is 116 cm³/mol. The molecule has 0 aromatic heterocycles. The van der Waals surface area contributed by atoms with Crippen LogP contribution in [0.1, 0.15) is 29.8 Å². The van der Waals surface area contributed by atoms with Gasteiger partial charge in [-0.2, -0.15) is 0 Å². The van der Waals surface area contributed by atoms with Crippen molar-refractivity contribution in [2.75, 3.05) is 44.6 Å². The molecule has 1 heterocycles. The van der Waals surface area contributed by atoms with Crippen LogP contribution >= 0.6 is 0 Å². The number of piperazine rings is 1. The van der Waals surface area contributed by atoms with Crippen molar-refractivity contribution >= 4 is 17.6 Å². The lowest BCUT2D eigenvalue weighted by atomic mass is 10.1.